The van der Waals surface area contributed by atoms with Gasteiger partial charge in [0.15, 0.2) is 5.82 Å². The molecular formula is C8H9BrN6O. The zero-order valence-electron chi connectivity index (χ0n) is 8.44. The third-order valence-electron chi connectivity index (χ3n) is 1.69. The number of anilines is 2. The average Bonchev–Trinajstić information content (AvgIpc) is 2.60. The summed E-state index contributed by atoms with van der Waals surface area (Å²) in [6.45, 7) is 2.11. The fourth-order valence-electron chi connectivity index (χ4n) is 1.09. The first-order chi connectivity index (χ1) is 7.63. The van der Waals surface area contributed by atoms with Crippen LogP contribution < -0.4 is 11.1 Å². The smallest absolute Gasteiger partial charge is 0.226 e. The minimum absolute atomic E-state index is 0.382. The summed E-state index contributed by atoms with van der Waals surface area (Å²) in [4.78, 5) is 12.1. The standard InChI is InChI=1S/C8H9BrN6O/c1-4-12-7(15-16-4)3-11-8-13-5(9)2-6(10)14-8/h2H,3H2,1H3,(H3,10,11,13,14). The number of aryl methyl sites for hydroxylation is 1. The van der Waals surface area contributed by atoms with Gasteiger partial charge in [0.2, 0.25) is 11.8 Å². The molecule has 2 aromatic rings. The first-order valence-electron chi connectivity index (χ1n) is 4.46. The summed E-state index contributed by atoms with van der Waals surface area (Å²) in [6, 6.07) is 1.61. The summed E-state index contributed by atoms with van der Waals surface area (Å²) >= 11 is 3.22. The lowest BCUT2D eigenvalue weighted by atomic mass is 10.5. The van der Waals surface area contributed by atoms with E-state index < -0.39 is 0 Å². The molecule has 2 heterocycles. The Morgan fingerprint density at radius 3 is 2.88 bits per heavy atom. The Morgan fingerprint density at radius 1 is 1.44 bits per heavy atom. The lowest BCUT2D eigenvalue weighted by molar-refractivity contribution is 0.388. The third kappa shape index (κ3) is 2.66. The van der Waals surface area contributed by atoms with Gasteiger partial charge in [-0.05, 0) is 15.9 Å². The number of nitrogens with zero attached hydrogens (tertiary/aromatic N) is 4. The van der Waals surface area contributed by atoms with E-state index in [2.05, 4.69) is 41.4 Å². The predicted octanol–water partition coefficient (Wildman–Crippen LogP) is 1.12. The van der Waals surface area contributed by atoms with Crippen LogP contribution in [-0.4, -0.2) is 20.1 Å². The number of nitrogens with one attached hydrogen (secondary N) is 1. The molecule has 16 heavy (non-hydrogen) atoms. The maximum Gasteiger partial charge on any atom is 0.226 e. The molecule has 0 atom stereocenters. The fourth-order valence-corrected chi connectivity index (χ4v) is 1.49. The van der Waals surface area contributed by atoms with Crippen molar-refractivity contribution in [3.63, 3.8) is 0 Å². The molecule has 0 fully saturated rings. The first-order valence-corrected chi connectivity index (χ1v) is 5.26. The largest absolute Gasteiger partial charge is 0.383 e. The Balaban J connectivity index is 2.04. The summed E-state index contributed by atoms with van der Waals surface area (Å²) in [5.41, 5.74) is 5.56. The molecule has 0 aliphatic carbocycles. The number of hydrogen-bond acceptors (Lipinski definition) is 7. The Morgan fingerprint density at radius 2 is 2.25 bits per heavy atom. The second kappa shape index (κ2) is 4.44. The first kappa shape index (κ1) is 10.8. The highest BCUT2D eigenvalue weighted by Crippen LogP contribution is 2.12. The van der Waals surface area contributed by atoms with Crippen LogP contribution in [0.4, 0.5) is 11.8 Å². The molecule has 0 spiro atoms. The van der Waals surface area contributed by atoms with E-state index in [1.165, 1.54) is 0 Å². The third-order valence-corrected chi connectivity index (χ3v) is 2.10. The molecule has 0 radical (unpaired) electrons. The van der Waals surface area contributed by atoms with Gasteiger partial charge in [0.05, 0.1) is 6.54 Å². The molecule has 0 amide bonds. The molecular weight excluding hydrogens is 276 g/mol. The zero-order valence-corrected chi connectivity index (χ0v) is 10.0. The molecule has 84 valence electrons. The van der Waals surface area contributed by atoms with E-state index in [1.807, 2.05) is 0 Å². The minimum Gasteiger partial charge on any atom is -0.383 e. The Kier molecular flexibility index (Phi) is 3.00. The van der Waals surface area contributed by atoms with E-state index in [1.54, 1.807) is 13.0 Å². The molecule has 0 aliphatic heterocycles. The second-order valence-corrected chi connectivity index (χ2v) is 3.83. The van der Waals surface area contributed by atoms with E-state index >= 15 is 0 Å². The highest BCUT2D eigenvalue weighted by atomic mass is 79.9. The summed E-state index contributed by atoms with van der Waals surface area (Å²) in [5.74, 6) is 1.86. The van der Waals surface area contributed by atoms with Crippen molar-refractivity contribution in [2.75, 3.05) is 11.1 Å². The highest BCUT2D eigenvalue weighted by molar-refractivity contribution is 9.10. The van der Waals surface area contributed by atoms with Crippen molar-refractivity contribution in [2.45, 2.75) is 13.5 Å². The van der Waals surface area contributed by atoms with Crippen LogP contribution in [0.2, 0.25) is 0 Å². The van der Waals surface area contributed by atoms with Gasteiger partial charge in [0.25, 0.3) is 0 Å². The SMILES string of the molecule is Cc1nc(CNc2nc(N)cc(Br)n2)no1. The minimum atomic E-state index is 0.382. The van der Waals surface area contributed by atoms with E-state index in [0.717, 1.165) is 0 Å². The number of nitrogen functional groups attached to an aromatic ring is 1. The van der Waals surface area contributed by atoms with Crippen molar-refractivity contribution < 1.29 is 4.52 Å². The maximum absolute atomic E-state index is 5.56. The van der Waals surface area contributed by atoms with Crippen LogP contribution in [0.3, 0.4) is 0 Å². The summed E-state index contributed by atoms with van der Waals surface area (Å²) < 4.78 is 5.44. The highest BCUT2D eigenvalue weighted by Gasteiger charge is 2.04. The molecule has 0 aliphatic rings. The maximum atomic E-state index is 5.56. The van der Waals surface area contributed by atoms with E-state index in [-0.39, 0.29) is 0 Å². The van der Waals surface area contributed by atoms with Gasteiger partial charge in [-0.1, -0.05) is 5.16 Å². The van der Waals surface area contributed by atoms with Crippen molar-refractivity contribution >= 4 is 27.7 Å². The molecule has 2 rings (SSSR count). The monoisotopic (exact) mass is 284 g/mol. The molecule has 0 aromatic carbocycles. The van der Waals surface area contributed by atoms with Crippen LogP contribution in [0.25, 0.3) is 0 Å². The molecule has 7 nitrogen and oxygen atoms in total. The number of rotatable bonds is 3. The molecule has 0 saturated carbocycles. The van der Waals surface area contributed by atoms with Crippen LogP contribution in [0, 0.1) is 6.92 Å². The van der Waals surface area contributed by atoms with Crippen LogP contribution in [0.5, 0.6) is 0 Å². The Labute approximate surface area is 99.6 Å². The quantitative estimate of drug-likeness (QED) is 0.814. The summed E-state index contributed by atoms with van der Waals surface area (Å²) in [5, 5.41) is 6.67. The van der Waals surface area contributed by atoms with Gasteiger partial charge in [-0.2, -0.15) is 9.97 Å². The normalized spacial score (nSPS) is 10.4. The summed E-state index contributed by atoms with van der Waals surface area (Å²) in [6.07, 6.45) is 0. The zero-order chi connectivity index (χ0) is 11.5. The van der Waals surface area contributed by atoms with Gasteiger partial charge in [-0.25, -0.2) is 4.98 Å². The molecule has 0 bridgehead atoms. The molecule has 0 saturated heterocycles. The van der Waals surface area contributed by atoms with Gasteiger partial charge in [-0.3, -0.25) is 0 Å². The van der Waals surface area contributed by atoms with Crippen molar-refractivity contribution in [1.29, 1.82) is 0 Å². The predicted molar refractivity (Wildman–Crippen MR) is 60.5 cm³/mol. The number of nitrogens with two attached hydrogens (primary N) is 1. The average molecular weight is 285 g/mol. The van der Waals surface area contributed by atoms with Crippen molar-refractivity contribution in [2.24, 2.45) is 0 Å². The Bertz CT molecular complexity index is 479. The van der Waals surface area contributed by atoms with Crippen LogP contribution in [0.15, 0.2) is 15.2 Å². The lowest BCUT2D eigenvalue weighted by Gasteiger charge is -2.02. The van der Waals surface area contributed by atoms with Crippen molar-refractivity contribution in [3.05, 3.63) is 22.4 Å². The van der Waals surface area contributed by atoms with Gasteiger partial charge >= 0.3 is 0 Å². The van der Waals surface area contributed by atoms with Gasteiger partial charge < -0.3 is 15.6 Å². The van der Waals surface area contributed by atoms with E-state index in [4.69, 9.17) is 10.3 Å². The lowest BCUT2D eigenvalue weighted by Crippen LogP contribution is -2.06. The molecule has 8 heteroatoms. The number of halogens is 1. The number of hydrogen-bond donors (Lipinski definition) is 2. The van der Waals surface area contributed by atoms with Gasteiger partial charge in [0.1, 0.15) is 10.4 Å². The topological polar surface area (TPSA) is 103 Å². The van der Waals surface area contributed by atoms with Crippen LogP contribution >= 0.6 is 15.9 Å². The molecule has 3 N–H and O–H groups in total. The second-order valence-electron chi connectivity index (χ2n) is 3.02. The van der Waals surface area contributed by atoms with Crippen molar-refractivity contribution in [3.8, 4) is 0 Å². The van der Waals surface area contributed by atoms with Gasteiger partial charge in [0, 0.05) is 13.0 Å². The molecule has 2 aromatic heterocycles. The van der Waals surface area contributed by atoms with Crippen LogP contribution in [0.1, 0.15) is 11.7 Å². The molecule has 0 unspecified atom stereocenters. The van der Waals surface area contributed by atoms with E-state index in [0.29, 0.717) is 34.6 Å². The van der Waals surface area contributed by atoms with Crippen molar-refractivity contribution in [1.82, 2.24) is 20.1 Å². The number of aromatic nitrogens is 4. The van der Waals surface area contributed by atoms with Gasteiger partial charge in [-0.15, -0.1) is 0 Å². The van der Waals surface area contributed by atoms with Crippen LogP contribution in [-0.2, 0) is 6.54 Å². The fraction of sp³-hybridized carbons (Fsp3) is 0.250. The van der Waals surface area contributed by atoms with E-state index in [9.17, 15) is 0 Å². The summed E-state index contributed by atoms with van der Waals surface area (Å²) in [7, 11) is 0. The Hall–Kier alpha value is -1.70.